The topological polar surface area (TPSA) is 51.7 Å². The van der Waals surface area contributed by atoms with Gasteiger partial charge in [-0.2, -0.15) is 0 Å². The summed E-state index contributed by atoms with van der Waals surface area (Å²) in [4.78, 5) is 19.8. The number of carbonyl (C=O) groups is 1. The monoisotopic (exact) mass is 400 g/mol. The molecule has 0 amide bonds. The van der Waals surface area contributed by atoms with Gasteiger partial charge in [-0.3, -0.25) is 9.78 Å². The fraction of sp³-hybridized carbons (Fsp3) is 0.280. The SMILES string of the molecule is CN(C)c1ccc(-c2ccc(CC(=O)C3(c4ccc5c(c4)OCO5)CC3)nc2)cc1. The Morgan fingerprint density at radius 2 is 1.70 bits per heavy atom. The molecule has 1 aliphatic carbocycles. The molecule has 0 unspecified atom stereocenters. The maximum absolute atomic E-state index is 13.1. The second-order valence-corrected chi connectivity index (χ2v) is 8.23. The van der Waals surface area contributed by atoms with E-state index in [-0.39, 0.29) is 12.6 Å². The molecule has 0 N–H and O–H groups in total. The van der Waals surface area contributed by atoms with Gasteiger partial charge in [-0.15, -0.1) is 0 Å². The molecule has 0 saturated heterocycles. The standard InChI is InChI=1S/C25H24N2O3/c1-27(2)21-8-4-17(5-9-21)18-3-7-20(26-15-18)14-24(28)25(11-12-25)19-6-10-22-23(13-19)30-16-29-22/h3-10,13,15H,11-12,14,16H2,1-2H3. The lowest BCUT2D eigenvalue weighted by Gasteiger charge is -2.15. The Morgan fingerprint density at radius 1 is 0.967 bits per heavy atom. The molecule has 2 aromatic carbocycles. The van der Waals surface area contributed by atoms with Crippen LogP contribution >= 0.6 is 0 Å². The molecule has 152 valence electrons. The average Bonchev–Trinajstić information content (AvgIpc) is 3.45. The Hall–Kier alpha value is -3.34. The van der Waals surface area contributed by atoms with Gasteiger partial charge in [0.2, 0.25) is 6.79 Å². The third-order valence-electron chi connectivity index (χ3n) is 6.09. The zero-order valence-electron chi connectivity index (χ0n) is 17.2. The normalized spacial score (nSPS) is 15.7. The maximum atomic E-state index is 13.1. The minimum absolute atomic E-state index is 0.219. The van der Waals surface area contributed by atoms with Gasteiger partial charge in [-0.25, -0.2) is 0 Å². The first kappa shape index (κ1) is 18.7. The summed E-state index contributed by atoms with van der Waals surface area (Å²) in [6.45, 7) is 0.244. The van der Waals surface area contributed by atoms with Crippen LogP contribution in [0.2, 0.25) is 0 Å². The molecule has 0 spiro atoms. The summed E-state index contributed by atoms with van der Waals surface area (Å²) in [5.74, 6) is 1.70. The zero-order chi connectivity index (χ0) is 20.7. The fourth-order valence-corrected chi connectivity index (χ4v) is 4.03. The number of nitrogens with zero attached hydrogens (tertiary/aromatic N) is 2. The quantitative estimate of drug-likeness (QED) is 0.614. The van der Waals surface area contributed by atoms with Crippen molar-refractivity contribution in [2.24, 2.45) is 0 Å². The van der Waals surface area contributed by atoms with E-state index in [1.54, 1.807) is 0 Å². The molecular weight excluding hydrogens is 376 g/mol. The minimum Gasteiger partial charge on any atom is -0.454 e. The molecule has 1 fully saturated rings. The highest BCUT2D eigenvalue weighted by molar-refractivity contribution is 5.94. The molecule has 0 atom stereocenters. The van der Waals surface area contributed by atoms with Crippen LogP contribution in [0.25, 0.3) is 11.1 Å². The predicted octanol–water partition coefficient (Wildman–Crippen LogP) is 4.39. The van der Waals surface area contributed by atoms with Gasteiger partial charge in [0.1, 0.15) is 5.78 Å². The van der Waals surface area contributed by atoms with Gasteiger partial charge in [0.25, 0.3) is 0 Å². The number of hydrogen-bond donors (Lipinski definition) is 0. The lowest BCUT2D eigenvalue weighted by atomic mass is 9.88. The van der Waals surface area contributed by atoms with E-state index in [1.807, 2.05) is 50.6 Å². The van der Waals surface area contributed by atoms with Crippen molar-refractivity contribution in [1.82, 2.24) is 4.98 Å². The molecule has 3 aromatic rings. The Labute approximate surface area is 176 Å². The largest absolute Gasteiger partial charge is 0.454 e. The molecule has 0 bridgehead atoms. The van der Waals surface area contributed by atoms with Crippen LogP contribution < -0.4 is 14.4 Å². The van der Waals surface area contributed by atoms with Crippen LogP contribution in [0.5, 0.6) is 11.5 Å². The molecule has 1 saturated carbocycles. The van der Waals surface area contributed by atoms with Crippen molar-refractivity contribution in [2.75, 3.05) is 25.8 Å². The van der Waals surface area contributed by atoms with Gasteiger partial charge in [0, 0.05) is 43.7 Å². The van der Waals surface area contributed by atoms with E-state index >= 15 is 0 Å². The molecule has 5 nitrogen and oxygen atoms in total. The molecule has 2 heterocycles. The zero-order valence-corrected chi connectivity index (χ0v) is 17.2. The molecule has 2 aliphatic rings. The number of anilines is 1. The number of carbonyl (C=O) groups excluding carboxylic acids is 1. The van der Waals surface area contributed by atoms with Gasteiger partial charge in [-0.1, -0.05) is 24.3 Å². The molecule has 1 aromatic heterocycles. The average molecular weight is 400 g/mol. The van der Waals surface area contributed by atoms with Crippen LogP contribution in [0.1, 0.15) is 24.1 Å². The van der Waals surface area contributed by atoms with Crippen molar-refractivity contribution in [1.29, 1.82) is 0 Å². The van der Waals surface area contributed by atoms with Crippen LogP contribution in [0.15, 0.2) is 60.8 Å². The molecule has 0 radical (unpaired) electrons. The van der Waals surface area contributed by atoms with Gasteiger partial charge >= 0.3 is 0 Å². The summed E-state index contributed by atoms with van der Waals surface area (Å²) in [5.41, 5.74) is 4.75. The van der Waals surface area contributed by atoms with Crippen LogP contribution in [0.3, 0.4) is 0 Å². The molecule has 1 aliphatic heterocycles. The van der Waals surface area contributed by atoms with Crippen molar-refractivity contribution in [3.8, 4) is 22.6 Å². The van der Waals surface area contributed by atoms with E-state index in [2.05, 4.69) is 34.1 Å². The number of aromatic nitrogens is 1. The number of fused-ring (bicyclic) bond motifs is 1. The highest BCUT2D eigenvalue weighted by atomic mass is 16.7. The third kappa shape index (κ3) is 3.30. The minimum atomic E-state index is -0.399. The maximum Gasteiger partial charge on any atom is 0.231 e. The van der Waals surface area contributed by atoms with Crippen LogP contribution in [-0.2, 0) is 16.6 Å². The first-order valence-corrected chi connectivity index (χ1v) is 10.2. The van der Waals surface area contributed by atoms with E-state index in [0.717, 1.165) is 52.4 Å². The third-order valence-corrected chi connectivity index (χ3v) is 6.09. The summed E-state index contributed by atoms with van der Waals surface area (Å²) in [6, 6.07) is 18.2. The number of pyridine rings is 1. The summed E-state index contributed by atoms with van der Waals surface area (Å²) < 4.78 is 10.9. The lowest BCUT2D eigenvalue weighted by Crippen LogP contribution is -2.22. The number of hydrogen-bond acceptors (Lipinski definition) is 5. The number of Topliss-reactive ketones (excluding diaryl/α,β-unsaturated/α-hetero) is 1. The van der Waals surface area contributed by atoms with E-state index in [1.165, 1.54) is 0 Å². The Morgan fingerprint density at radius 3 is 2.37 bits per heavy atom. The van der Waals surface area contributed by atoms with Crippen LogP contribution in [0, 0.1) is 0 Å². The number of benzene rings is 2. The first-order chi connectivity index (χ1) is 14.5. The molecule has 30 heavy (non-hydrogen) atoms. The molecular formula is C25H24N2O3. The summed E-state index contributed by atoms with van der Waals surface area (Å²) >= 11 is 0. The Balaban J connectivity index is 1.30. The van der Waals surface area contributed by atoms with Crippen molar-refractivity contribution in [2.45, 2.75) is 24.7 Å². The van der Waals surface area contributed by atoms with Gasteiger partial charge in [0.15, 0.2) is 11.5 Å². The number of rotatable bonds is 6. The summed E-state index contributed by atoms with van der Waals surface area (Å²) in [6.07, 6.45) is 3.95. The van der Waals surface area contributed by atoms with E-state index in [4.69, 9.17) is 9.47 Å². The van der Waals surface area contributed by atoms with Crippen molar-refractivity contribution >= 4 is 11.5 Å². The fourth-order valence-electron chi connectivity index (χ4n) is 4.03. The molecule has 5 rings (SSSR count). The van der Waals surface area contributed by atoms with E-state index in [0.29, 0.717) is 6.42 Å². The highest BCUT2D eigenvalue weighted by Gasteiger charge is 2.50. The van der Waals surface area contributed by atoms with Crippen LogP contribution in [0.4, 0.5) is 5.69 Å². The lowest BCUT2D eigenvalue weighted by molar-refractivity contribution is -0.120. The molecule has 5 heteroatoms. The van der Waals surface area contributed by atoms with Crippen molar-refractivity contribution in [3.63, 3.8) is 0 Å². The van der Waals surface area contributed by atoms with Crippen molar-refractivity contribution in [3.05, 3.63) is 72.1 Å². The van der Waals surface area contributed by atoms with Crippen LogP contribution in [-0.4, -0.2) is 31.7 Å². The van der Waals surface area contributed by atoms with Gasteiger partial charge in [0.05, 0.1) is 5.41 Å². The smallest absolute Gasteiger partial charge is 0.231 e. The highest BCUT2D eigenvalue weighted by Crippen LogP contribution is 2.51. The number of ketones is 1. The van der Waals surface area contributed by atoms with E-state index < -0.39 is 5.41 Å². The second-order valence-electron chi connectivity index (χ2n) is 8.23. The Kier molecular flexibility index (Phi) is 4.46. The number of ether oxygens (including phenoxy) is 2. The second kappa shape index (κ2) is 7.17. The van der Waals surface area contributed by atoms with Crippen molar-refractivity contribution < 1.29 is 14.3 Å². The first-order valence-electron chi connectivity index (χ1n) is 10.2. The Bertz CT molecular complexity index is 1080. The van der Waals surface area contributed by atoms with Gasteiger partial charge < -0.3 is 14.4 Å². The summed E-state index contributed by atoms with van der Waals surface area (Å²) in [5, 5.41) is 0. The van der Waals surface area contributed by atoms with E-state index in [9.17, 15) is 4.79 Å². The summed E-state index contributed by atoms with van der Waals surface area (Å²) in [7, 11) is 4.05. The predicted molar refractivity (Wildman–Crippen MR) is 116 cm³/mol. The van der Waals surface area contributed by atoms with Gasteiger partial charge in [-0.05, 0) is 54.3 Å².